The van der Waals surface area contributed by atoms with Gasteiger partial charge in [-0.05, 0) is 36.8 Å². The van der Waals surface area contributed by atoms with Gasteiger partial charge in [-0.3, -0.25) is 20.2 Å². The number of benzene rings is 2. The van der Waals surface area contributed by atoms with E-state index in [4.69, 9.17) is 4.84 Å². The number of H-pyrrole nitrogens is 2. The van der Waals surface area contributed by atoms with Crippen molar-refractivity contribution < 1.29 is 10.0 Å². The van der Waals surface area contributed by atoms with Gasteiger partial charge in [0.2, 0.25) is 0 Å². The van der Waals surface area contributed by atoms with Crippen LogP contribution in [-0.4, -0.2) is 54.1 Å². The number of allylic oxidation sites excluding steroid dienone is 2. The van der Waals surface area contributed by atoms with Gasteiger partial charge in [-0.1, -0.05) is 108 Å². The predicted octanol–water partition coefficient (Wildman–Crippen LogP) is 8.97. The van der Waals surface area contributed by atoms with Gasteiger partial charge in [0.15, 0.2) is 0 Å². The molecule has 278 valence electrons. The summed E-state index contributed by atoms with van der Waals surface area (Å²) >= 11 is 3.37. The lowest BCUT2D eigenvalue weighted by atomic mass is 9.71. The molecule has 0 spiro atoms. The van der Waals surface area contributed by atoms with E-state index >= 15 is 0 Å². The smallest absolute Gasteiger partial charge is 0.117 e. The zero-order chi connectivity index (χ0) is 37.2. The van der Waals surface area contributed by atoms with Gasteiger partial charge in [0.1, 0.15) is 29.9 Å². The third-order valence-electron chi connectivity index (χ3n) is 11.8. The Kier molecular flexibility index (Phi) is 9.61. The number of rotatable bonds is 9. The van der Waals surface area contributed by atoms with E-state index in [1.54, 1.807) is 29.8 Å². The molecule has 4 aliphatic rings. The molecular formula is C43H42N8O2S2. The minimum atomic E-state index is -0.258. The molecule has 10 nitrogen and oxygen atoms in total. The Morgan fingerprint density at radius 2 is 1.18 bits per heavy atom. The first-order chi connectivity index (χ1) is 27.1. The Bertz CT molecular complexity index is 2350. The van der Waals surface area contributed by atoms with Crippen LogP contribution < -0.4 is 0 Å². The predicted molar refractivity (Wildman–Crippen MR) is 218 cm³/mol. The summed E-state index contributed by atoms with van der Waals surface area (Å²) in [4.78, 5) is 16.3. The first kappa shape index (κ1) is 35.3. The van der Waals surface area contributed by atoms with Crippen LogP contribution in [0.5, 0.6) is 0 Å². The highest BCUT2D eigenvalue weighted by Crippen LogP contribution is 2.45. The summed E-state index contributed by atoms with van der Waals surface area (Å²) in [5.41, 5.74) is 13.6. The molecule has 0 saturated heterocycles. The van der Waals surface area contributed by atoms with Gasteiger partial charge in [0.25, 0.3) is 0 Å². The van der Waals surface area contributed by atoms with Crippen molar-refractivity contribution in [2.24, 2.45) is 22.1 Å². The van der Waals surface area contributed by atoms with Crippen molar-refractivity contribution in [2.45, 2.75) is 62.2 Å². The molecule has 2 unspecified atom stereocenters. The summed E-state index contributed by atoms with van der Waals surface area (Å²) < 4.78 is 0. The number of fused-ring (bicyclic) bond motifs is 2. The third kappa shape index (κ3) is 6.27. The van der Waals surface area contributed by atoms with Crippen LogP contribution in [0.2, 0.25) is 0 Å². The maximum atomic E-state index is 9.57. The van der Waals surface area contributed by atoms with Crippen molar-refractivity contribution in [3.8, 4) is 0 Å². The second kappa shape index (κ2) is 15.0. The highest BCUT2D eigenvalue weighted by atomic mass is 32.1. The van der Waals surface area contributed by atoms with E-state index in [0.29, 0.717) is 17.5 Å². The highest BCUT2D eigenvalue weighted by Gasteiger charge is 2.41. The number of hydrogen-bond donors (Lipinski definition) is 3. The quantitative estimate of drug-likeness (QED) is 0.0764. The van der Waals surface area contributed by atoms with E-state index in [2.05, 4.69) is 120 Å². The van der Waals surface area contributed by atoms with Gasteiger partial charge >= 0.3 is 0 Å². The topological polar surface area (TPSA) is 137 Å². The second-order valence-electron chi connectivity index (χ2n) is 14.8. The van der Waals surface area contributed by atoms with E-state index < -0.39 is 0 Å². The molecule has 4 aliphatic carbocycles. The summed E-state index contributed by atoms with van der Waals surface area (Å²) in [6.07, 6.45) is 21.3. The first-order valence-electron chi connectivity index (χ1n) is 18.9. The molecule has 10 rings (SSSR count). The molecule has 3 N–H and O–H groups in total. The number of hydrogen-bond acceptors (Lipinski definition) is 10. The molecule has 6 aromatic rings. The van der Waals surface area contributed by atoms with Crippen LogP contribution >= 0.6 is 22.7 Å². The zero-order valence-corrected chi connectivity index (χ0v) is 32.2. The van der Waals surface area contributed by atoms with Crippen molar-refractivity contribution in [1.29, 1.82) is 0 Å². The van der Waals surface area contributed by atoms with E-state index in [0.717, 1.165) is 78.1 Å². The number of aromatic amines is 2. The van der Waals surface area contributed by atoms with Gasteiger partial charge in [-0.2, -0.15) is 10.2 Å². The van der Waals surface area contributed by atoms with Crippen LogP contribution in [0.3, 0.4) is 0 Å². The Balaban J connectivity index is 0.000000144. The Morgan fingerprint density at radius 3 is 1.58 bits per heavy atom. The number of aromatic nitrogens is 6. The fourth-order valence-corrected chi connectivity index (χ4v) is 10.0. The molecule has 2 saturated carbocycles. The zero-order valence-electron chi connectivity index (χ0n) is 30.6. The largest absolute Gasteiger partial charge is 0.411 e. The van der Waals surface area contributed by atoms with Gasteiger partial charge in [0, 0.05) is 69.3 Å². The normalized spacial score (nSPS) is 22.2. The van der Waals surface area contributed by atoms with Crippen LogP contribution in [0.25, 0.3) is 12.2 Å². The second-order valence-corrected chi connectivity index (χ2v) is 16.5. The minimum absolute atomic E-state index is 0.228. The molecule has 55 heavy (non-hydrogen) atoms. The average Bonchev–Trinajstić information content (AvgIpc) is 4.04. The van der Waals surface area contributed by atoms with Crippen molar-refractivity contribution in [1.82, 2.24) is 30.4 Å². The van der Waals surface area contributed by atoms with Crippen LogP contribution in [-0.2, 0) is 28.5 Å². The minimum Gasteiger partial charge on any atom is -0.411 e. The van der Waals surface area contributed by atoms with Crippen LogP contribution in [0, 0.1) is 11.8 Å². The molecule has 2 fully saturated rings. The highest BCUT2D eigenvalue weighted by molar-refractivity contribution is 7.10. The summed E-state index contributed by atoms with van der Waals surface area (Å²) in [6.45, 7) is 0. The molecule has 0 bridgehead atoms. The first-order valence-corrected chi connectivity index (χ1v) is 20.6. The lowest BCUT2D eigenvalue weighted by Gasteiger charge is -2.33. The Morgan fingerprint density at radius 1 is 0.709 bits per heavy atom. The lowest BCUT2D eigenvalue weighted by Crippen LogP contribution is -2.30. The molecule has 2 atom stereocenters. The number of thiazole rings is 2. The summed E-state index contributed by atoms with van der Waals surface area (Å²) in [7, 11) is 1.61. The molecule has 0 aliphatic heterocycles. The number of nitrogens with one attached hydrogen (secondary N) is 2. The van der Waals surface area contributed by atoms with Crippen LogP contribution in [0.1, 0.15) is 93.3 Å². The van der Waals surface area contributed by atoms with Crippen molar-refractivity contribution in [3.05, 3.63) is 151 Å². The molecule has 4 heterocycles. The molecule has 0 radical (unpaired) electrons. The third-order valence-corrected chi connectivity index (χ3v) is 13.7. The summed E-state index contributed by atoms with van der Waals surface area (Å²) in [5, 5.41) is 33.2. The fraction of sp³-hybridized carbons (Fsp3) is 0.302. The fourth-order valence-electron chi connectivity index (χ4n) is 8.38. The molecular weight excluding hydrogens is 725 g/mol. The lowest BCUT2D eigenvalue weighted by molar-refractivity contribution is 0.208. The average molecular weight is 767 g/mol. The maximum absolute atomic E-state index is 9.57. The van der Waals surface area contributed by atoms with Crippen molar-refractivity contribution >= 4 is 46.2 Å². The molecule has 4 aromatic heterocycles. The van der Waals surface area contributed by atoms with Crippen LogP contribution in [0.4, 0.5) is 0 Å². The molecule has 12 heteroatoms. The van der Waals surface area contributed by atoms with Gasteiger partial charge < -0.3 is 10.0 Å². The molecule has 2 aromatic carbocycles. The number of oxime groups is 2. The Hall–Kier alpha value is -5.46. The summed E-state index contributed by atoms with van der Waals surface area (Å²) in [6, 6.07) is 21.2. The van der Waals surface area contributed by atoms with E-state index in [1.165, 1.54) is 33.7 Å². The standard InChI is InChI=1S/C22H22N4OS.C21H20N4OS/c1-27-26-20(15-6-5-7-15)21-17-10-11-22(12-18(17)24-25-21,19-13-23-14-28-19)16-8-3-2-4-9-16;26-25-19(14-5-4-6-14)20-16-9-10-21(11-17(16)23-24-20,18-12-22-13-27-18)15-7-2-1-3-8-15/h2-4,8-11,13-15H,5-7,12H2,1H3,(H,24,25);1-3,7-10,12-14,26H,4-6,11H2,(H,23,24). The number of nitrogens with zero attached hydrogens (tertiary/aromatic N) is 6. The van der Waals surface area contributed by atoms with E-state index in [-0.39, 0.29) is 10.8 Å². The van der Waals surface area contributed by atoms with Gasteiger partial charge in [-0.15, -0.1) is 22.7 Å². The Labute approximate surface area is 327 Å². The van der Waals surface area contributed by atoms with Crippen molar-refractivity contribution in [3.63, 3.8) is 0 Å². The monoisotopic (exact) mass is 766 g/mol. The van der Waals surface area contributed by atoms with Crippen LogP contribution in [0.15, 0.2) is 107 Å². The van der Waals surface area contributed by atoms with E-state index in [9.17, 15) is 5.21 Å². The van der Waals surface area contributed by atoms with Crippen molar-refractivity contribution in [2.75, 3.05) is 7.11 Å². The van der Waals surface area contributed by atoms with Gasteiger partial charge in [0.05, 0.1) is 21.9 Å². The van der Waals surface area contributed by atoms with E-state index in [1.807, 2.05) is 29.5 Å². The van der Waals surface area contributed by atoms with Gasteiger partial charge in [-0.25, -0.2) is 0 Å². The summed E-state index contributed by atoms with van der Waals surface area (Å²) in [5.74, 6) is 0.765. The maximum Gasteiger partial charge on any atom is 0.117 e. The molecule has 0 amide bonds. The SMILES string of the molecule is CON=C(c1n[nH]c2c1C=CC(c1ccccc1)(c1cncs1)C2)C1CCC1.ON=C(c1n[nH]c2c1C=CC(c1ccccc1)(c1cncs1)C2)C1CCC1.